The Balaban J connectivity index is 1.97. The fourth-order valence-corrected chi connectivity index (χ4v) is 1.90. The average Bonchev–Trinajstić information content (AvgIpc) is 2.53. The summed E-state index contributed by atoms with van der Waals surface area (Å²) in [6.45, 7) is 4.15. The summed E-state index contributed by atoms with van der Waals surface area (Å²) in [5, 5.41) is 22.0. The monoisotopic (exact) mass is 298 g/mol. The van der Waals surface area contributed by atoms with Crippen molar-refractivity contribution >= 4 is 5.82 Å². The van der Waals surface area contributed by atoms with Gasteiger partial charge >= 0.3 is 0 Å². The van der Waals surface area contributed by atoms with E-state index in [0.717, 1.165) is 11.3 Å². The van der Waals surface area contributed by atoms with Crippen LogP contribution in [0.2, 0.25) is 0 Å². The van der Waals surface area contributed by atoms with Gasteiger partial charge in [0.1, 0.15) is 11.8 Å². The van der Waals surface area contributed by atoms with E-state index < -0.39 is 6.10 Å². The van der Waals surface area contributed by atoms with Crippen molar-refractivity contribution in [1.29, 1.82) is 5.26 Å². The van der Waals surface area contributed by atoms with E-state index in [9.17, 15) is 5.11 Å². The summed E-state index contributed by atoms with van der Waals surface area (Å²) in [5.74, 6) is 1.13. The molecule has 0 radical (unpaired) electrons. The van der Waals surface area contributed by atoms with E-state index in [1.54, 1.807) is 0 Å². The van der Waals surface area contributed by atoms with Crippen molar-refractivity contribution in [2.45, 2.75) is 26.1 Å². The number of ether oxygens (including phenoxy) is 1. The molecule has 0 aliphatic carbocycles. The first-order chi connectivity index (χ1) is 10.6. The summed E-state index contributed by atoms with van der Waals surface area (Å²) in [6.07, 6.45) is 2.33. The highest BCUT2D eigenvalue weighted by molar-refractivity contribution is 5.46. The first-order valence-electron chi connectivity index (χ1n) is 7.00. The van der Waals surface area contributed by atoms with Crippen molar-refractivity contribution in [3.8, 4) is 11.8 Å². The Morgan fingerprint density at radius 1 is 1.23 bits per heavy atom. The van der Waals surface area contributed by atoms with Crippen LogP contribution in [0.3, 0.4) is 0 Å². The molecule has 0 spiro atoms. The van der Waals surface area contributed by atoms with Crippen LogP contribution in [0.4, 0.5) is 5.82 Å². The van der Waals surface area contributed by atoms with Gasteiger partial charge in [0.05, 0.1) is 12.2 Å². The van der Waals surface area contributed by atoms with E-state index in [1.807, 2.05) is 44.2 Å². The maximum atomic E-state index is 10.2. The minimum atomic E-state index is -0.721. The van der Waals surface area contributed by atoms with E-state index >= 15 is 0 Å². The van der Waals surface area contributed by atoms with Gasteiger partial charge in [-0.25, -0.2) is 9.97 Å². The van der Waals surface area contributed by atoms with Crippen molar-refractivity contribution < 1.29 is 9.84 Å². The highest BCUT2D eigenvalue weighted by atomic mass is 16.5. The molecule has 1 aromatic carbocycles. The van der Waals surface area contributed by atoms with Crippen LogP contribution in [0, 0.1) is 11.3 Å². The molecule has 1 aromatic heterocycles. The lowest BCUT2D eigenvalue weighted by molar-refractivity contribution is 0.191. The number of aromatic nitrogens is 2. The molecular weight excluding hydrogens is 280 g/mol. The van der Waals surface area contributed by atoms with Gasteiger partial charge in [0.25, 0.3) is 0 Å². The molecule has 2 aromatic rings. The minimum absolute atomic E-state index is 0.110. The van der Waals surface area contributed by atoms with Crippen LogP contribution >= 0.6 is 0 Å². The quantitative estimate of drug-likeness (QED) is 0.850. The molecule has 0 bridgehead atoms. The van der Waals surface area contributed by atoms with Gasteiger partial charge in [0.2, 0.25) is 0 Å². The maximum Gasteiger partial charge on any atom is 0.182 e. The van der Waals surface area contributed by atoms with Gasteiger partial charge in [-0.2, -0.15) is 5.26 Å². The van der Waals surface area contributed by atoms with Crippen molar-refractivity contribution in [2.75, 3.05) is 11.9 Å². The smallest absolute Gasteiger partial charge is 0.182 e. The van der Waals surface area contributed by atoms with Crippen LogP contribution in [0.5, 0.6) is 5.75 Å². The predicted octanol–water partition coefficient (Wildman–Crippen LogP) is 2.28. The molecule has 0 aliphatic heterocycles. The molecule has 6 nitrogen and oxygen atoms in total. The molecule has 0 fully saturated rings. The highest BCUT2D eigenvalue weighted by Gasteiger charge is 2.10. The Hall–Kier alpha value is -2.65. The number of hydrogen-bond donors (Lipinski definition) is 2. The van der Waals surface area contributed by atoms with Crippen molar-refractivity contribution in [2.24, 2.45) is 0 Å². The van der Waals surface area contributed by atoms with Crippen LogP contribution in [0.1, 0.15) is 31.2 Å². The fourth-order valence-electron chi connectivity index (χ4n) is 1.90. The number of rotatable bonds is 6. The Bertz CT molecular complexity index is 650. The maximum absolute atomic E-state index is 10.2. The summed E-state index contributed by atoms with van der Waals surface area (Å²) < 4.78 is 5.56. The third kappa shape index (κ3) is 4.17. The Morgan fingerprint density at radius 3 is 2.55 bits per heavy atom. The zero-order valence-electron chi connectivity index (χ0n) is 12.5. The van der Waals surface area contributed by atoms with Crippen LogP contribution in [0.25, 0.3) is 0 Å². The van der Waals surface area contributed by atoms with E-state index in [-0.39, 0.29) is 18.3 Å². The summed E-state index contributed by atoms with van der Waals surface area (Å²) in [4.78, 5) is 7.94. The topological polar surface area (TPSA) is 91.1 Å². The second-order valence-corrected chi connectivity index (χ2v) is 5.00. The van der Waals surface area contributed by atoms with Gasteiger partial charge in [-0.3, -0.25) is 0 Å². The van der Waals surface area contributed by atoms with Gasteiger partial charge in [-0.05, 0) is 31.5 Å². The van der Waals surface area contributed by atoms with Crippen molar-refractivity contribution in [1.82, 2.24) is 9.97 Å². The molecule has 0 saturated carbocycles. The van der Waals surface area contributed by atoms with Crippen molar-refractivity contribution in [3.63, 3.8) is 0 Å². The first-order valence-corrected chi connectivity index (χ1v) is 7.00. The lowest BCUT2D eigenvalue weighted by Gasteiger charge is -2.14. The van der Waals surface area contributed by atoms with Crippen molar-refractivity contribution in [3.05, 3.63) is 47.9 Å². The second kappa shape index (κ2) is 7.38. The van der Waals surface area contributed by atoms with Gasteiger partial charge in [-0.15, -0.1) is 0 Å². The third-order valence-electron chi connectivity index (χ3n) is 2.90. The number of nitriles is 1. The number of nitrogens with one attached hydrogen (secondary N) is 1. The van der Waals surface area contributed by atoms with E-state index in [2.05, 4.69) is 15.3 Å². The molecule has 1 atom stereocenters. The lowest BCUT2D eigenvalue weighted by Crippen LogP contribution is -2.14. The van der Waals surface area contributed by atoms with Gasteiger partial charge < -0.3 is 15.2 Å². The molecule has 1 heterocycles. The van der Waals surface area contributed by atoms with Crippen LogP contribution in [0.15, 0.2) is 36.7 Å². The number of hydrogen-bond acceptors (Lipinski definition) is 6. The Morgan fingerprint density at radius 2 is 1.91 bits per heavy atom. The SMILES string of the molecule is CC(C)Oc1ccc(C(O)CNc2nccnc2C#N)cc1. The molecule has 1 unspecified atom stereocenters. The van der Waals surface area contributed by atoms with Gasteiger partial charge in [0, 0.05) is 18.9 Å². The highest BCUT2D eigenvalue weighted by Crippen LogP contribution is 2.19. The second-order valence-electron chi connectivity index (χ2n) is 5.00. The van der Waals surface area contributed by atoms with Crippen LogP contribution in [-0.4, -0.2) is 27.7 Å². The number of nitrogens with zero attached hydrogens (tertiary/aromatic N) is 3. The predicted molar refractivity (Wildman–Crippen MR) is 82.4 cm³/mol. The van der Waals surface area contributed by atoms with Gasteiger partial charge in [-0.1, -0.05) is 12.1 Å². The average molecular weight is 298 g/mol. The Labute approximate surface area is 129 Å². The number of aliphatic hydroxyl groups excluding tert-OH is 1. The molecule has 22 heavy (non-hydrogen) atoms. The first kappa shape index (κ1) is 15.7. The number of aliphatic hydroxyl groups is 1. The standard InChI is InChI=1S/C16H18N4O2/c1-11(2)22-13-5-3-12(4-6-13)15(21)10-20-16-14(9-17)18-7-8-19-16/h3-8,11,15,21H,10H2,1-2H3,(H,19,20). The van der Waals surface area contributed by atoms with Crippen LogP contribution < -0.4 is 10.1 Å². The third-order valence-corrected chi connectivity index (χ3v) is 2.90. The lowest BCUT2D eigenvalue weighted by atomic mass is 10.1. The summed E-state index contributed by atoms with van der Waals surface area (Å²) in [6, 6.07) is 9.22. The number of benzene rings is 1. The Kier molecular flexibility index (Phi) is 5.28. The fraction of sp³-hybridized carbons (Fsp3) is 0.312. The summed E-state index contributed by atoms with van der Waals surface area (Å²) >= 11 is 0. The normalized spacial score (nSPS) is 11.8. The summed E-state index contributed by atoms with van der Waals surface area (Å²) in [7, 11) is 0. The zero-order chi connectivity index (χ0) is 15.9. The largest absolute Gasteiger partial charge is 0.491 e. The zero-order valence-corrected chi connectivity index (χ0v) is 12.5. The van der Waals surface area contributed by atoms with E-state index in [0.29, 0.717) is 5.82 Å². The molecule has 2 N–H and O–H groups in total. The molecular formula is C16H18N4O2. The molecule has 2 rings (SSSR count). The van der Waals surface area contributed by atoms with E-state index in [1.165, 1.54) is 12.4 Å². The van der Waals surface area contributed by atoms with Gasteiger partial charge in [0.15, 0.2) is 11.5 Å². The molecule has 6 heteroatoms. The number of anilines is 1. The molecule has 0 amide bonds. The van der Waals surface area contributed by atoms with E-state index in [4.69, 9.17) is 10.00 Å². The summed E-state index contributed by atoms with van der Waals surface area (Å²) in [5.41, 5.74) is 0.960. The molecule has 0 aliphatic rings. The van der Waals surface area contributed by atoms with Crippen LogP contribution in [-0.2, 0) is 0 Å². The molecule has 114 valence electrons. The minimum Gasteiger partial charge on any atom is -0.491 e. The molecule has 0 saturated heterocycles.